The van der Waals surface area contributed by atoms with Gasteiger partial charge in [0.25, 0.3) is 5.91 Å². The highest BCUT2D eigenvalue weighted by Crippen LogP contribution is 2.13. The molecule has 0 N–H and O–H groups in total. The molecular formula is C15H24N2OS. The lowest BCUT2D eigenvalue weighted by Gasteiger charge is -2.22. The van der Waals surface area contributed by atoms with E-state index in [1.165, 1.54) is 6.42 Å². The Morgan fingerprint density at radius 1 is 1.32 bits per heavy atom. The maximum absolute atomic E-state index is 12.3. The molecule has 1 aromatic rings. The average molecular weight is 280 g/mol. The molecule has 2 rings (SSSR count). The minimum Gasteiger partial charge on any atom is -0.337 e. The summed E-state index contributed by atoms with van der Waals surface area (Å²) in [5.41, 5.74) is 0.848. The van der Waals surface area contributed by atoms with Gasteiger partial charge < -0.3 is 9.80 Å². The number of thiophene rings is 1. The molecule has 4 heteroatoms. The second-order valence-corrected chi connectivity index (χ2v) is 6.46. The molecule has 0 aliphatic carbocycles. The molecule has 0 radical (unpaired) electrons. The first-order valence-corrected chi connectivity index (χ1v) is 8.15. The van der Waals surface area contributed by atoms with Gasteiger partial charge >= 0.3 is 0 Å². The molecule has 106 valence electrons. The van der Waals surface area contributed by atoms with Gasteiger partial charge in [-0.05, 0) is 43.3 Å². The van der Waals surface area contributed by atoms with Crippen LogP contribution in [0.3, 0.4) is 0 Å². The third-order valence-electron chi connectivity index (χ3n) is 3.67. The number of amides is 1. The third kappa shape index (κ3) is 4.32. The fraction of sp³-hybridized carbons (Fsp3) is 0.667. The van der Waals surface area contributed by atoms with Crippen LogP contribution in [0.15, 0.2) is 16.8 Å². The fourth-order valence-corrected chi connectivity index (χ4v) is 3.04. The first-order valence-electron chi connectivity index (χ1n) is 7.20. The second kappa shape index (κ2) is 7.06. The van der Waals surface area contributed by atoms with E-state index in [0.717, 1.165) is 50.6 Å². The lowest BCUT2D eigenvalue weighted by Crippen LogP contribution is -2.35. The lowest BCUT2D eigenvalue weighted by molar-refractivity contribution is 0.0761. The first-order chi connectivity index (χ1) is 9.16. The van der Waals surface area contributed by atoms with Crippen molar-refractivity contribution in [1.29, 1.82) is 0 Å². The van der Waals surface area contributed by atoms with Crippen LogP contribution in [0.2, 0.25) is 0 Å². The van der Waals surface area contributed by atoms with E-state index in [1.807, 2.05) is 21.7 Å². The van der Waals surface area contributed by atoms with Crippen molar-refractivity contribution in [2.45, 2.75) is 26.7 Å². The topological polar surface area (TPSA) is 23.6 Å². The normalized spacial score (nSPS) is 17.7. The quantitative estimate of drug-likeness (QED) is 0.846. The summed E-state index contributed by atoms with van der Waals surface area (Å²) < 4.78 is 0. The highest BCUT2D eigenvalue weighted by atomic mass is 32.1. The Morgan fingerprint density at radius 3 is 2.84 bits per heavy atom. The van der Waals surface area contributed by atoms with Gasteiger partial charge in [-0.25, -0.2) is 0 Å². The Kier molecular flexibility index (Phi) is 5.40. The van der Waals surface area contributed by atoms with Gasteiger partial charge in [-0.2, -0.15) is 11.3 Å². The summed E-state index contributed by atoms with van der Waals surface area (Å²) in [6, 6.07) is 1.93. The van der Waals surface area contributed by atoms with Crippen LogP contribution in [0.25, 0.3) is 0 Å². The summed E-state index contributed by atoms with van der Waals surface area (Å²) in [6.45, 7) is 9.61. The molecule has 0 saturated carbocycles. The zero-order chi connectivity index (χ0) is 13.7. The Hall–Kier alpha value is -0.870. The molecule has 1 amide bonds. The molecule has 1 aromatic heterocycles. The highest BCUT2D eigenvalue weighted by molar-refractivity contribution is 7.08. The Bertz CT molecular complexity index is 389. The predicted octanol–water partition coefficient (Wildman–Crippen LogP) is 2.94. The zero-order valence-electron chi connectivity index (χ0n) is 12.0. The van der Waals surface area contributed by atoms with Gasteiger partial charge in [-0.3, -0.25) is 4.79 Å². The average Bonchev–Trinajstić information content (AvgIpc) is 2.81. The minimum absolute atomic E-state index is 0.201. The van der Waals surface area contributed by atoms with Crippen molar-refractivity contribution in [3.63, 3.8) is 0 Å². The van der Waals surface area contributed by atoms with Crippen LogP contribution < -0.4 is 0 Å². The Morgan fingerprint density at radius 2 is 2.16 bits per heavy atom. The standard InChI is InChI=1S/C15H24N2OS/c1-13(2)4-8-16-6-3-7-17(10-9-16)15(18)14-5-11-19-12-14/h5,11-13H,3-4,6-10H2,1-2H3. The van der Waals surface area contributed by atoms with Gasteiger partial charge in [0.2, 0.25) is 0 Å². The molecule has 0 bridgehead atoms. The van der Waals surface area contributed by atoms with Crippen LogP contribution >= 0.6 is 11.3 Å². The van der Waals surface area contributed by atoms with Gasteiger partial charge in [0.1, 0.15) is 0 Å². The maximum Gasteiger partial charge on any atom is 0.254 e. The van der Waals surface area contributed by atoms with Crippen LogP contribution in [0.4, 0.5) is 0 Å². The maximum atomic E-state index is 12.3. The molecule has 0 unspecified atom stereocenters. The number of hydrogen-bond donors (Lipinski definition) is 0. The van der Waals surface area contributed by atoms with Crippen molar-refractivity contribution in [2.24, 2.45) is 5.92 Å². The van der Waals surface area contributed by atoms with Crippen molar-refractivity contribution < 1.29 is 4.79 Å². The van der Waals surface area contributed by atoms with E-state index in [1.54, 1.807) is 11.3 Å². The van der Waals surface area contributed by atoms with Crippen molar-refractivity contribution in [2.75, 3.05) is 32.7 Å². The molecule has 0 spiro atoms. The van der Waals surface area contributed by atoms with Crippen LogP contribution in [0, 0.1) is 5.92 Å². The molecule has 1 aliphatic rings. The molecule has 19 heavy (non-hydrogen) atoms. The number of carbonyl (C=O) groups is 1. The van der Waals surface area contributed by atoms with E-state index < -0.39 is 0 Å². The van der Waals surface area contributed by atoms with Gasteiger partial charge in [0, 0.05) is 25.0 Å². The van der Waals surface area contributed by atoms with Crippen LogP contribution in [0.5, 0.6) is 0 Å². The molecule has 2 heterocycles. The summed E-state index contributed by atoms with van der Waals surface area (Å²) in [5, 5.41) is 3.92. The molecular weight excluding hydrogens is 256 g/mol. The monoisotopic (exact) mass is 280 g/mol. The third-order valence-corrected chi connectivity index (χ3v) is 4.35. The number of hydrogen-bond acceptors (Lipinski definition) is 3. The SMILES string of the molecule is CC(C)CCN1CCCN(C(=O)c2ccsc2)CC1. The molecule has 1 aliphatic heterocycles. The molecule has 1 saturated heterocycles. The van der Waals surface area contributed by atoms with E-state index in [9.17, 15) is 4.79 Å². The Balaban J connectivity index is 1.84. The van der Waals surface area contributed by atoms with Crippen LogP contribution in [-0.4, -0.2) is 48.4 Å². The van der Waals surface area contributed by atoms with Crippen LogP contribution in [-0.2, 0) is 0 Å². The molecule has 3 nitrogen and oxygen atoms in total. The Labute approximate surface area is 120 Å². The van der Waals surface area contributed by atoms with E-state index in [4.69, 9.17) is 0 Å². The largest absolute Gasteiger partial charge is 0.337 e. The van der Waals surface area contributed by atoms with Gasteiger partial charge in [-0.1, -0.05) is 13.8 Å². The molecule has 1 fully saturated rings. The molecule has 0 atom stereocenters. The van der Waals surface area contributed by atoms with Crippen molar-refractivity contribution in [3.8, 4) is 0 Å². The van der Waals surface area contributed by atoms with Crippen molar-refractivity contribution in [3.05, 3.63) is 22.4 Å². The summed E-state index contributed by atoms with van der Waals surface area (Å²) >= 11 is 1.59. The molecule has 0 aromatic carbocycles. The van der Waals surface area contributed by atoms with Gasteiger partial charge in [-0.15, -0.1) is 0 Å². The van der Waals surface area contributed by atoms with Gasteiger partial charge in [0.05, 0.1) is 5.56 Å². The summed E-state index contributed by atoms with van der Waals surface area (Å²) in [7, 11) is 0. The van der Waals surface area contributed by atoms with E-state index >= 15 is 0 Å². The highest BCUT2D eigenvalue weighted by Gasteiger charge is 2.20. The van der Waals surface area contributed by atoms with Crippen molar-refractivity contribution >= 4 is 17.2 Å². The van der Waals surface area contributed by atoms with E-state index in [0.29, 0.717) is 0 Å². The van der Waals surface area contributed by atoms with Gasteiger partial charge in [0.15, 0.2) is 0 Å². The lowest BCUT2D eigenvalue weighted by atomic mass is 10.1. The minimum atomic E-state index is 0.201. The van der Waals surface area contributed by atoms with Crippen LogP contribution in [0.1, 0.15) is 37.0 Å². The predicted molar refractivity (Wildman–Crippen MR) is 80.7 cm³/mol. The summed E-state index contributed by atoms with van der Waals surface area (Å²) in [5.74, 6) is 0.957. The first kappa shape index (κ1) is 14.5. The fourth-order valence-electron chi connectivity index (χ4n) is 2.41. The van der Waals surface area contributed by atoms with E-state index in [2.05, 4.69) is 18.7 Å². The smallest absolute Gasteiger partial charge is 0.254 e. The summed E-state index contributed by atoms with van der Waals surface area (Å²) in [6.07, 6.45) is 2.34. The van der Waals surface area contributed by atoms with E-state index in [-0.39, 0.29) is 5.91 Å². The van der Waals surface area contributed by atoms with Crippen molar-refractivity contribution in [1.82, 2.24) is 9.80 Å². The zero-order valence-corrected chi connectivity index (χ0v) is 12.8. The summed E-state index contributed by atoms with van der Waals surface area (Å²) in [4.78, 5) is 16.8. The number of rotatable bonds is 4. The second-order valence-electron chi connectivity index (χ2n) is 5.68. The number of carbonyl (C=O) groups excluding carboxylic acids is 1. The number of nitrogens with zero attached hydrogens (tertiary/aromatic N) is 2.